The number of carbonyl (C=O) groups excluding carboxylic acids is 1. The molecule has 1 aliphatic carbocycles. The first kappa shape index (κ1) is 15.4. The molecule has 0 saturated heterocycles. The number of hydrogen-bond acceptors (Lipinski definition) is 4. The fourth-order valence-electron chi connectivity index (χ4n) is 2.47. The van der Waals surface area contributed by atoms with Crippen molar-refractivity contribution in [3.05, 3.63) is 39.9 Å². The Morgan fingerprint density at radius 3 is 2.55 bits per heavy atom. The van der Waals surface area contributed by atoms with Gasteiger partial charge < -0.3 is 0 Å². The summed E-state index contributed by atoms with van der Waals surface area (Å²) < 4.78 is 0. The number of hydrogen-bond donors (Lipinski definition) is 1. The molecule has 1 aliphatic rings. The summed E-state index contributed by atoms with van der Waals surface area (Å²) in [5.41, 5.74) is 0.962. The standard InChI is InChI=1S/C16H18ClN3OS/c1-9(2)13(10-5-7-12(17)8-6-10)14(21)18-16-20-19-15(22-16)11-3-4-11/h5-9,11,13H,3-4H2,1-2H3,(H,18,20,21)/t13-/m0/s1. The number of aromatic nitrogens is 2. The van der Waals surface area contributed by atoms with Gasteiger partial charge in [-0.3, -0.25) is 10.1 Å². The molecule has 0 aliphatic heterocycles. The molecule has 6 heteroatoms. The molecular weight excluding hydrogens is 318 g/mol. The summed E-state index contributed by atoms with van der Waals surface area (Å²) in [6.45, 7) is 4.07. The number of anilines is 1. The van der Waals surface area contributed by atoms with Gasteiger partial charge in [0.2, 0.25) is 11.0 Å². The van der Waals surface area contributed by atoms with Crippen LogP contribution in [0.1, 0.15) is 49.1 Å². The number of nitrogens with one attached hydrogen (secondary N) is 1. The highest BCUT2D eigenvalue weighted by atomic mass is 35.5. The summed E-state index contributed by atoms with van der Waals surface area (Å²) in [6.07, 6.45) is 2.37. The van der Waals surface area contributed by atoms with Gasteiger partial charge in [-0.15, -0.1) is 10.2 Å². The molecule has 2 aromatic rings. The van der Waals surface area contributed by atoms with E-state index in [1.807, 2.05) is 38.1 Å². The van der Waals surface area contributed by atoms with Crippen LogP contribution >= 0.6 is 22.9 Å². The first-order valence-corrected chi connectivity index (χ1v) is 8.63. The second-order valence-corrected chi connectivity index (χ2v) is 7.43. The van der Waals surface area contributed by atoms with Gasteiger partial charge in [-0.05, 0) is 36.5 Å². The van der Waals surface area contributed by atoms with Crippen LogP contribution in [-0.4, -0.2) is 16.1 Å². The maximum absolute atomic E-state index is 12.6. The number of rotatable bonds is 5. The lowest BCUT2D eigenvalue weighted by atomic mass is 9.88. The largest absolute Gasteiger partial charge is 0.300 e. The summed E-state index contributed by atoms with van der Waals surface area (Å²) in [5, 5.41) is 13.4. The Morgan fingerprint density at radius 1 is 1.27 bits per heavy atom. The smallest absolute Gasteiger partial charge is 0.234 e. The van der Waals surface area contributed by atoms with E-state index in [1.54, 1.807) is 0 Å². The topological polar surface area (TPSA) is 54.9 Å². The Labute approximate surface area is 138 Å². The second-order valence-electron chi connectivity index (χ2n) is 5.98. The van der Waals surface area contributed by atoms with E-state index in [4.69, 9.17) is 11.6 Å². The van der Waals surface area contributed by atoms with Crippen molar-refractivity contribution in [2.24, 2.45) is 5.92 Å². The third-order valence-corrected chi connectivity index (χ3v) is 5.03. The van der Waals surface area contributed by atoms with Crippen molar-refractivity contribution in [1.29, 1.82) is 0 Å². The van der Waals surface area contributed by atoms with Gasteiger partial charge in [0.15, 0.2) is 0 Å². The fourth-order valence-corrected chi connectivity index (χ4v) is 3.51. The van der Waals surface area contributed by atoms with E-state index in [2.05, 4.69) is 15.5 Å². The molecule has 1 fully saturated rings. The van der Waals surface area contributed by atoms with E-state index in [0.717, 1.165) is 10.6 Å². The van der Waals surface area contributed by atoms with Crippen molar-refractivity contribution in [1.82, 2.24) is 10.2 Å². The summed E-state index contributed by atoms with van der Waals surface area (Å²) >= 11 is 7.41. The van der Waals surface area contributed by atoms with Crippen LogP contribution in [0, 0.1) is 5.92 Å². The normalized spacial score (nSPS) is 15.8. The summed E-state index contributed by atoms with van der Waals surface area (Å²) in [4.78, 5) is 12.6. The van der Waals surface area contributed by atoms with Crippen LogP contribution < -0.4 is 5.32 Å². The molecule has 0 unspecified atom stereocenters. The first-order chi connectivity index (χ1) is 10.5. The van der Waals surface area contributed by atoms with Crippen LogP contribution in [0.3, 0.4) is 0 Å². The van der Waals surface area contributed by atoms with E-state index in [0.29, 0.717) is 16.1 Å². The lowest BCUT2D eigenvalue weighted by Gasteiger charge is -2.20. The highest BCUT2D eigenvalue weighted by Gasteiger charge is 2.29. The van der Waals surface area contributed by atoms with Crippen LogP contribution in [0.15, 0.2) is 24.3 Å². The number of benzene rings is 1. The average Bonchev–Trinajstić information content (AvgIpc) is 3.22. The quantitative estimate of drug-likeness (QED) is 0.878. The van der Waals surface area contributed by atoms with Crippen molar-refractivity contribution >= 4 is 34.0 Å². The predicted octanol–water partition coefficient (Wildman–Crippen LogP) is 4.45. The van der Waals surface area contributed by atoms with Gasteiger partial charge in [0, 0.05) is 10.9 Å². The molecule has 0 radical (unpaired) electrons. The van der Waals surface area contributed by atoms with E-state index >= 15 is 0 Å². The zero-order chi connectivity index (χ0) is 15.7. The van der Waals surface area contributed by atoms with Crippen LogP contribution in [0.5, 0.6) is 0 Å². The molecule has 1 heterocycles. The SMILES string of the molecule is CC(C)[C@H](C(=O)Nc1nnc(C2CC2)s1)c1ccc(Cl)cc1. The second kappa shape index (κ2) is 6.34. The van der Waals surface area contributed by atoms with E-state index < -0.39 is 0 Å². The number of nitrogens with zero attached hydrogens (tertiary/aromatic N) is 2. The molecule has 0 spiro atoms. The molecule has 4 nitrogen and oxygen atoms in total. The molecule has 1 atom stereocenters. The molecule has 1 amide bonds. The molecule has 1 saturated carbocycles. The van der Waals surface area contributed by atoms with E-state index in [-0.39, 0.29) is 17.7 Å². The van der Waals surface area contributed by atoms with Gasteiger partial charge in [-0.25, -0.2) is 0 Å². The van der Waals surface area contributed by atoms with Gasteiger partial charge in [0.25, 0.3) is 0 Å². The van der Waals surface area contributed by atoms with Crippen molar-refractivity contribution < 1.29 is 4.79 Å². The van der Waals surface area contributed by atoms with Gasteiger partial charge in [-0.2, -0.15) is 0 Å². The molecule has 116 valence electrons. The van der Waals surface area contributed by atoms with Crippen LogP contribution in [0.25, 0.3) is 0 Å². The Hall–Kier alpha value is -1.46. The average molecular weight is 336 g/mol. The van der Waals surface area contributed by atoms with Crippen LogP contribution in [-0.2, 0) is 4.79 Å². The van der Waals surface area contributed by atoms with E-state index in [1.165, 1.54) is 24.2 Å². The van der Waals surface area contributed by atoms with Gasteiger partial charge in [-0.1, -0.05) is 48.9 Å². The van der Waals surface area contributed by atoms with Crippen molar-refractivity contribution in [3.63, 3.8) is 0 Å². The van der Waals surface area contributed by atoms with Crippen LogP contribution in [0.2, 0.25) is 5.02 Å². The minimum atomic E-state index is -0.231. The van der Waals surface area contributed by atoms with Crippen LogP contribution in [0.4, 0.5) is 5.13 Å². The Kier molecular flexibility index (Phi) is 4.45. The summed E-state index contributed by atoms with van der Waals surface area (Å²) in [6, 6.07) is 7.44. The Bertz CT molecular complexity index is 664. The Balaban J connectivity index is 1.75. The zero-order valence-corrected chi connectivity index (χ0v) is 14.1. The highest BCUT2D eigenvalue weighted by Crippen LogP contribution is 2.42. The molecule has 1 aromatic carbocycles. The number of amides is 1. The highest BCUT2D eigenvalue weighted by molar-refractivity contribution is 7.15. The van der Waals surface area contributed by atoms with Crippen molar-refractivity contribution in [2.75, 3.05) is 5.32 Å². The maximum Gasteiger partial charge on any atom is 0.234 e. The van der Waals surface area contributed by atoms with E-state index in [9.17, 15) is 4.79 Å². The molecule has 22 heavy (non-hydrogen) atoms. The lowest BCUT2D eigenvalue weighted by molar-refractivity contribution is -0.118. The van der Waals surface area contributed by atoms with Gasteiger partial charge in [0.1, 0.15) is 5.01 Å². The molecule has 1 aromatic heterocycles. The van der Waals surface area contributed by atoms with Gasteiger partial charge >= 0.3 is 0 Å². The number of carbonyl (C=O) groups is 1. The third-order valence-electron chi connectivity index (χ3n) is 3.78. The lowest BCUT2D eigenvalue weighted by Crippen LogP contribution is -2.25. The molecular formula is C16H18ClN3OS. The predicted molar refractivity (Wildman–Crippen MR) is 89.5 cm³/mol. The fraction of sp³-hybridized carbons (Fsp3) is 0.438. The molecule has 3 rings (SSSR count). The first-order valence-electron chi connectivity index (χ1n) is 7.44. The minimum absolute atomic E-state index is 0.0455. The third kappa shape index (κ3) is 3.47. The summed E-state index contributed by atoms with van der Waals surface area (Å²) in [5.74, 6) is 0.457. The minimum Gasteiger partial charge on any atom is -0.300 e. The maximum atomic E-state index is 12.6. The van der Waals surface area contributed by atoms with Crippen molar-refractivity contribution in [2.45, 2.75) is 38.5 Å². The van der Waals surface area contributed by atoms with Crippen molar-refractivity contribution in [3.8, 4) is 0 Å². The Morgan fingerprint density at radius 2 is 1.95 bits per heavy atom. The zero-order valence-electron chi connectivity index (χ0n) is 12.5. The summed E-state index contributed by atoms with van der Waals surface area (Å²) in [7, 11) is 0. The monoisotopic (exact) mass is 335 g/mol. The number of halogens is 1. The van der Waals surface area contributed by atoms with Gasteiger partial charge in [0.05, 0.1) is 5.92 Å². The molecule has 0 bridgehead atoms. The molecule has 1 N–H and O–H groups in total.